The average Bonchev–Trinajstić information content (AvgIpc) is 2.82. The summed E-state index contributed by atoms with van der Waals surface area (Å²) in [4.78, 5) is 12.0. The van der Waals surface area contributed by atoms with Crippen molar-refractivity contribution in [2.24, 2.45) is 0 Å². The van der Waals surface area contributed by atoms with Crippen LogP contribution in [0.15, 0.2) is 60.7 Å². The van der Waals surface area contributed by atoms with Gasteiger partial charge in [-0.1, -0.05) is 60.7 Å². The van der Waals surface area contributed by atoms with Gasteiger partial charge >= 0.3 is 0 Å². The molecule has 6 atom stereocenters. The van der Waals surface area contributed by atoms with E-state index in [0.717, 1.165) is 11.1 Å². The summed E-state index contributed by atoms with van der Waals surface area (Å²) in [6.07, 6.45) is -0.525. The van der Waals surface area contributed by atoms with E-state index in [1.807, 2.05) is 66.9 Å². The number of hydrogen-bond acceptors (Lipinski definition) is 7. The number of thioether (sulfide) groups is 1. The fraction of sp³-hybridized carbons (Fsp3) is 0.458. The van der Waals surface area contributed by atoms with Gasteiger partial charge in [-0.25, -0.2) is 0 Å². The van der Waals surface area contributed by atoms with Crippen LogP contribution in [0.4, 0.5) is 0 Å². The molecular weight excluding hydrogens is 430 g/mol. The van der Waals surface area contributed by atoms with E-state index >= 15 is 0 Å². The first-order valence-electron chi connectivity index (χ1n) is 10.7. The number of nitrogens with one attached hydrogen (secondary N) is 1. The van der Waals surface area contributed by atoms with Crippen molar-refractivity contribution < 1.29 is 28.5 Å². The second-order valence-electron chi connectivity index (χ2n) is 7.78. The van der Waals surface area contributed by atoms with Gasteiger partial charge in [0.15, 0.2) is 12.6 Å². The zero-order chi connectivity index (χ0) is 22.3. The van der Waals surface area contributed by atoms with Gasteiger partial charge in [0.05, 0.1) is 19.2 Å². The highest BCUT2D eigenvalue weighted by Gasteiger charge is 2.51. The summed E-state index contributed by atoms with van der Waals surface area (Å²) < 4.78 is 30.8. The number of hydrogen-bond donors (Lipinski definition) is 1. The van der Waals surface area contributed by atoms with Gasteiger partial charge in [-0.15, -0.1) is 11.8 Å². The molecule has 0 bridgehead atoms. The summed E-state index contributed by atoms with van der Waals surface area (Å²) in [5.41, 5.74) is 1.94. The van der Waals surface area contributed by atoms with Crippen LogP contribution in [0.25, 0.3) is 0 Å². The normalized spacial score (nSPS) is 29.8. The Morgan fingerprint density at radius 1 is 1.06 bits per heavy atom. The molecule has 2 aliphatic rings. The van der Waals surface area contributed by atoms with Gasteiger partial charge in [0.2, 0.25) is 5.91 Å². The molecule has 1 N–H and O–H groups in total. The van der Waals surface area contributed by atoms with E-state index in [4.69, 9.17) is 23.7 Å². The first-order chi connectivity index (χ1) is 15.7. The van der Waals surface area contributed by atoms with Crippen molar-refractivity contribution in [2.75, 3.05) is 18.8 Å². The second-order valence-corrected chi connectivity index (χ2v) is 8.59. The smallest absolute Gasteiger partial charge is 0.217 e. The van der Waals surface area contributed by atoms with E-state index < -0.39 is 30.8 Å². The van der Waals surface area contributed by atoms with Crippen molar-refractivity contribution in [3.8, 4) is 0 Å². The third-order valence-corrected chi connectivity index (χ3v) is 5.79. The third kappa shape index (κ3) is 5.70. The summed E-state index contributed by atoms with van der Waals surface area (Å²) in [5.74, 6) is 0.269. The van der Waals surface area contributed by atoms with Crippen LogP contribution in [0.1, 0.15) is 24.3 Å². The zero-order valence-electron chi connectivity index (χ0n) is 18.2. The monoisotopic (exact) mass is 459 g/mol. The van der Waals surface area contributed by atoms with Crippen molar-refractivity contribution in [1.29, 1.82) is 0 Å². The first kappa shape index (κ1) is 23.2. The molecule has 4 rings (SSSR count). The highest BCUT2D eigenvalue weighted by molar-refractivity contribution is 7.98. The fourth-order valence-electron chi connectivity index (χ4n) is 3.98. The van der Waals surface area contributed by atoms with Gasteiger partial charge in [-0.2, -0.15) is 0 Å². The quantitative estimate of drug-likeness (QED) is 0.608. The van der Waals surface area contributed by atoms with Crippen LogP contribution in [0, 0.1) is 0 Å². The Balaban J connectivity index is 1.54. The van der Waals surface area contributed by atoms with E-state index in [9.17, 15) is 4.79 Å². The molecule has 2 aliphatic heterocycles. The Kier molecular flexibility index (Phi) is 8.18. The zero-order valence-corrected chi connectivity index (χ0v) is 19.0. The third-order valence-electron chi connectivity index (χ3n) is 5.42. The van der Waals surface area contributed by atoms with Gasteiger partial charge in [0.25, 0.3) is 0 Å². The maximum absolute atomic E-state index is 12.0. The number of ether oxygens (including phenoxy) is 5. The second kappa shape index (κ2) is 11.3. The van der Waals surface area contributed by atoms with E-state index in [2.05, 4.69) is 5.32 Å². The van der Waals surface area contributed by atoms with Crippen LogP contribution in [0.2, 0.25) is 0 Å². The molecule has 2 aromatic carbocycles. The Bertz CT molecular complexity index is 854. The minimum atomic E-state index is -0.701. The number of fused-ring (bicyclic) bond motifs is 1. The summed E-state index contributed by atoms with van der Waals surface area (Å²) in [7, 11) is 0. The molecular formula is C24H29NO6S. The summed E-state index contributed by atoms with van der Waals surface area (Å²) in [6.45, 7) is 2.16. The maximum atomic E-state index is 12.0. The molecule has 0 saturated carbocycles. The number of carbonyl (C=O) groups excluding carboxylic acids is 1. The Morgan fingerprint density at radius 2 is 1.78 bits per heavy atom. The van der Waals surface area contributed by atoms with Gasteiger partial charge in [0.1, 0.15) is 24.4 Å². The Labute approximate surface area is 192 Å². The fourth-order valence-corrected chi connectivity index (χ4v) is 4.27. The lowest BCUT2D eigenvalue weighted by atomic mass is 9.95. The molecule has 32 heavy (non-hydrogen) atoms. The van der Waals surface area contributed by atoms with Crippen LogP contribution in [-0.4, -0.2) is 55.4 Å². The number of benzene rings is 2. The number of rotatable bonds is 8. The minimum absolute atomic E-state index is 0.185. The SMILES string of the molecule is CSCO[C@@H]1[C@@H](NC(C)=O)[C@@H](OCc2ccccc2)O[C@@H]2COC(c3ccccc3)O[C@@H]12. The number of carbonyl (C=O) groups is 1. The van der Waals surface area contributed by atoms with Crippen LogP contribution >= 0.6 is 11.8 Å². The average molecular weight is 460 g/mol. The molecule has 172 valence electrons. The molecule has 1 amide bonds. The van der Waals surface area contributed by atoms with E-state index in [1.54, 1.807) is 11.8 Å². The highest BCUT2D eigenvalue weighted by atomic mass is 32.2. The molecule has 2 saturated heterocycles. The van der Waals surface area contributed by atoms with E-state index in [-0.39, 0.29) is 12.0 Å². The Morgan fingerprint density at radius 3 is 2.47 bits per heavy atom. The van der Waals surface area contributed by atoms with Crippen LogP contribution in [0.3, 0.4) is 0 Å². The molecule has 2 fully saturated rings. The predicted molar refractivity (Wildman–Crippen MR) is 121 cm³/mol. The molecule has 2 heterocycles. The molecule has 0 aromatic heterocycles. The van der Waals surface area contributed by atoms with Crippen molar-refractivity contribution in [2.45, 2.75) is 50.5 Å². The van der Waals surface area contributed by atoms with Gasteiger partial charge in [-0.05, 0) is 11.8 Å². The minimum Gasteiger partial charge on any atom is -0.362 e. The lowest BCUT2D eigenvalue weighted by Crippen LogP contribution is -2.67. The molecule has 8 heteroatoms. The molecule has 2 aromatic rings. The molecule has 7 nitrogen and oxygen atoms in total. The van der Waals surface area contributed by atoms with E-state index in [0.29, 0.717) is 19.2 Å². The first-order valence-corrected chi connectivity index (χ1v) is 12.1. The lowest BCUT2D eigenvalue weighted by Gasteiger charge is -2.49. The summed E-state index contributed by atoms with van der Waals surface area (Å²) >= 11 is 1.56. The van der Waals surface area contributed by atoms with Gasteiger partial charge in [0, 0.05) is 12.5 Å². The Hall–Kier alpha value is -1.94. The van der Waals surface area contributed by atoms with Crippen molar-refractivity contribution in [3.63, 3.8) is 0 Å². The summed E-state index contributed by atoms with van der Waals surface area (Å²) in [5, 5.41) is 2.97. The summed E-state index contributed by atoms with van der Waals surface area (Å²) in [6, 6.07) is 19.1. The van der Waals surface area contributed by atoms with Crippen molar-refractivity contribution in [3.05, 3.63) is 71.8 Å². The lowest BCUT2D eigenvalue weighted by molar-refractivity contribution is -0.348. The predicted octanol–water partition coefficient (Wildman–Crippen LogP) is 3.25. The van der Waals surface area contributed by atoms with Gasteiger partial charge in [-0.3, -0.25) is 4.79 Å². The largest absolute Gasteiger partial charge is 0.362 e. The van der Waals surface area contributed by atoms with Crippen LogP contribution in [0.5, 0.6) is 0 Å². The molecule has 1 unspecified atom stereocenters. The highest BCUT2D eigenvalue weighted by Crippen LogP contribution is 2.36. The van der Waals surface area contributed by atoms with Crippen LogP contribution in [-0.2, 0) is 35.1 Å². The molecule has 0 aliphatic carbocycles. The maximum Gasteiger partial charge on any atom is 0.217 e. The van der Waals surface area contributed by atoms with Crippen molar-refractivity contribution in [1.82, 2.24) is 5.32 Å². The van der Waals surface area contributed by atoms with E-state index in [1.165, 1.54) is 6.92 Å². The number of amides is 1. The van der Waals surface area contributed by atoms with Crippen molar-refractivity contribution >= 4 is 17.7 Å². The molecule has 0 spiro atoms. The van der Waals surface area contributed by atoms with Gasteiger partial charge < -0.3 is 29.0 Å². The standard InChI is InChI=1S/C24H29NO6S/c1-16(26)25-20-22(29-15-32-2)21-19(14-28-23(31-21)18-11-7-4-8-12-18)30-24(20)27-13-17-9-5-3-6-10-17/h3-12,19-24H,13-15H2,1-2H3,(H,25,26)/t19-,20-,21-,22-,23?,24+/m1/s1. The molecule has 0 radical (unpaired) electrons. The topological polar surface area (TPSA) is 75.3 Å². The van der Waals surface area contributed by atoms with Crippen LogP contribution < -0.4 is 5.32 Å².